The SMILES string of the molecule is CCCCCCCCCCCCCCC(CC)CC(C(=O)O)c1cc(O)c(O)c(O)c1. The molecule has 178 valence electrons. The fourth-order valence-corrected chi connectivity index (χ4v) is 4.30. The quantitative estimate of drug-likeness (QED) is 0.141. The van der Waals surface area contributed by atoms with E-state index in [2.05, 4.69) is 13.8 Å². The Morgan fingerprint density at radius 3 is 1.65 bits per heavy atom. The van der Waals surface area contributed by atoms with Gasteiger partial charge in [-0.05, 0) is 30.0 Å². The molecule has 0 saturated heterocycles. The highest BCUT2D eigenvalue weighted by Crippen LogP contribution is 2.39. The summed E-state index contributed by atoms with van der Waals surface area (Å²) in [5, 5.41) is 38.6. The summed E-state index contributed by atoms with van der Waals surface area (Å²) in [6.07, 6.45) is 18.0. The molecule has 0 aromatic heterocycles. The molecule has 1 aromatic carbocycles. The van der Waals surface area contributed by atoms with E-state index in [0.717, 1.165) is 19.3 Å². The average Bonchev–Trinajstić information content (AvgIpc) is 2.74. The minimum absolute atomic E-state index is 0.280. The van der Waals surface area contributed by atoms with Gasteiger partial charge in [0.25, 0.3) is 0 Å². The van der Waals surface area contributed by atoms with Crippen LogP contribution in [0.15, 0.2) is 12.1 Å². The molecule has 5 heteroatoms. The number of hydrogen-bond donors (Lipinski definition) is 4. The number of carboxylic acids is 1. The van der Waals surface area contributed by atoms with E-state index >= 15 is 0 Å². The molecule has 4 N–H and O–H groups in total. The molecule has 2 unspecified atom stereocenters. The van der Waals surface area contributed by atoms with Gasteiger partial charge >= 0.3 is 5.97 Å². The molecule has 0 fully saturated rings. The van der Waals surface area contributed by atoms with E-state index in [1.807, 2.05) is 0 Å². The number of carbonyl (C=O) groups is 1. The van der Waals surface area contributed by atoms with Crippen molar-refractivity contribution < 1.29 is 25.2 Å². The molecule has 0 saturated carbocycles. The second kappa shape index (κ2) is 15.8. The van der Waals surface area contributed by atoms with Gasteiger partial charge in [0.2, 0.25) is 0 Å². The Morgan fingerprint density at radius 2 is 1.23 bits per heavy atom. The van der Waals surface area contributed by atoms with E-state index in [1.54, 1.807) is 0 Å². The molecule has 5 nitrogen and oxygen atoms in total. The summed E-state index contributed by atoms with van der Waals surface area (Å²) in [5.41, 5.74) is 0.327. The predicted octanol–water partition coefficient (Wildman–Crippen LogP) is 7.48. The van der Waals surface area contributed by atoms with E-state index in [0.29, 0.717) is 12.0 Å². The van der Waals surface area contributed by atoms with Crippen LogP contribution in [-0.2, 0) is 4.79 Å². The lowest BCUT2D eigenvalue weighted by atomic mass is 9.84. The van der Waals surface area contributed by atoms with Crippen molar-refractivity contribution in [1.82, 2.24) is 0 Å². The number of aromatic hydroxyl groups is 3. The van der Waals surface area contributed by atoms with Gasteiger partial charge in [-0.2, -0.15) is 0 Å². The lowest BCUT2D eigenvalue weighted by Gasteiger charge is -2.21. The molecular formula is C26H44O5. The van der Waals surface area contributed by atoms with Crippen molar-refractivity contribution in [2.75, 3.05) is 0 Å². The van der Waals surface area contributed by atoms with Crippen LogP contribution in [0.1, 0.15) is 122 Å². The van der Waals surface area contributed by atoms with Crippen molar-refractivity contribution in [2.24, 2.45) is 5.92 Å². The molecule has 1 aromatic rings. The predicted molar refractivity (Wildman–Crippen MR) is 126 cm³/mol. The number of rotatable bonds is 18. The van der Waals surface area contributed by atoms with E-state index in [1.165, 1.54) is 82.8 Å². The zero-order valence-corrected chi connectivity index (χ0v) is 19.6. The fourth-order valence-electron chi connectivity index (χ4n) is 4.30. The molecular weight excluding hydrogens is 392 g/mol. The van der Waals surface area contributed by atoms with Gasteiger partial charge in [0.15, 0.2) is 17.2 Å². The number of hydrogen-bond acceptors (Lipinski definition) is 4. The van der Waals surface area contributed by atoms with Crippen LogP contribution in [0.3, 0.4) is 0 Å². The molecule has 0 aliphatic carbocycles. The topological polar surface area (TPSA) is 98.0 Å². The third-order valence-corrected chi connectivity index (χ3v) is 6.40. The van der Waals surface area contributed by atoms with Gasteiger partial charge in [-0.3, -0.25) is 4.79 Å². The number of aliphatic carboxylic acids is 1. The molecule has 1 rings (SSSR count). The molecule has 0 radical (unpaired) electrons. The number of phenols is 3. The van der Waals surface area contributed by atoms with Crippen LogP contribution in [0.2, 0.25) is 0 Å². The van der Waals surface area contributed by atoms with E-state index in [9.17, 15) is 25.2 Å². The Labute approximate surface area is 188 Å². The fraction of sp³-hybridized carbons (Fsp3) is 0.731. The van der Waals surface area contributed by atoms with Crippen LogP contribution in [-0.4, -0.2) is 26.4 Å². The first-order valence-electron chi connectivity index (χ1n) is 12.4. The van der Waals surface area contributed by atoms with Gasteiger partial charge in [0.1, 0.15) is 0 Å². The summed E-state index contributed by atoms with van der Waals surface area (Å²) in [6.45, 7) is 4.33. The molecule has 0 amide bonds. The van der Waals surface area contributed by atoms with Crippen molar-refractivity contribution in [1.29, 1.82) is 0 Å². The Bertz CT molecular complexity index is 605. The van der Waals surface area contributed by atoms with Crippen LogP contribution >= 0.6 is 0 Å². The largest absolute Gasteiger partial charge is 0.504 e. The Balaban J connectivity index is 2.30. The maximum Gasteiger partial charge on any atom is 0.310 e. The monoisotopic (exact) mass is 436 g/mol. The first kappa shape index (κ1) is 27.1. The molecule has 31 heavy (non-hydrogen) atoms. The second-order valence-electron chi connectivity index (χ2n) is 8.99. The zero-order valence-electron chi connectivity index (χ0n) is 19.6. The lowest BCUT2D eigenvalue weighted by Crippen LogP contribution is -2.16. The highest BCUT2D eigenvalue weighted by atomic mass is 16.4. The van der Waals surface area contributed by atoms with Crippen LogP contribution in [0.25, 0.3) is 0 Å². The first-order valence-corrected chi connectivity index (χ1v) is 12.4. The standard InChI is InChI=1S/C26H44O5/c1-3-5-6-7-8-9-10-11-12-13-14-15-16-20(4-2)17-22(26(30)31)21-18-23(27)25(29)24(28)19-21/h18-20,22,27-29H,3-17H2,1-2H3,(H,30,31). The van der Waals surface area contributed by atoms with Gasteiger partial charge in [0, 0.05) is 0 Å². The van der Waals surface area contributed by atoms with Crippen molar-refractivity contribution in [3.8, 4) is 17.2 Å². The highest BCUT2D eigenvalue weighted by Gasteiger charge is 2.25. The maximum absolute atomic E-state index is 11.8. The molecule has 0 spiro atoms. The number of phenolic OH excluding ortho intramolecular Hbond substituents is 3. The van der Waals surface area contributed by atoms with Gasteiger partial charge in [-0.1, -0.05) is 104 Å². The molecule has 0 aliphatic heterocycles. The molecule has 0 aliphatic rings. The van der Waals surface area contributed by atoms with Crippen LogP contribution in [0, 0.1) is 5.92 Å². The van der Waals surface area contributed by atoms with Crippen LogP contribution < -0.4 is 0 Å². The second-order valence-corrected chi connectivity index (χ2v) is 8.99. The normalized spacial score (nSPS) is 13.2. The third-order valence-electron chi connectivity index (χ3n) is 6.40. The summed E-state index contributed by atoms with van der Waals surface area (Å²) in [5.74, 6) is -3.10. The zero-order chi connectivity index (χ0) is 23.1. The summed E-state index contributed by atoms with van der Waals surface area (Å²) in [4.78, 5) is 11.8. The maximum atomic E-state index is 11.8. The summed E-state index contributed by atoms with van der Waals surface area (Å²) < 4.78 is 0. The number of carboxylic acid groups (broad SMARTS) is 1. The highest BCUT2D eigenvalue weighted by molar-refractivity contribution is 5.77. The van der Waals surface area contributed by atoms with E-state index < -0.39 is 29.1 Å². The first-order chi connectivity index (χ1) is 14.9. The number of unbranched alkanes of at least 4 members (excludes halogenated alkanes) is 11. The van der Waals surface area contributed by atoms with Gasteiger partial charge in [-0.25, -0.2) is 0 Å². The van der Waals surface area contributed by atoms with Gasteiger partial charge < -0.3 is 20.4 Å². The minimum atomic E-state index is -0.974. The smallest absolute Gasteiger partial charge is 0.310 e. The summed E-state index contributed by atoms with van der Waals surface area (Å²) in [6, 6.07) is 2.48. The Morgan fingerprint density at radius 1 is 0.774 bits per heavy atom. The Hall–Kier alpha value is -1.91. The van der Waals surface area contributed by atoms with E-state index in [-0.39, 0.29) is 5.92 Å². The molecule has 0 bridgehead atoms. The minimum Gasteiger partial charge on any atom is -0.504 e. The van der Waals surface area contributed by atoms with E-state index in [4.69, 9.17) is 0 Å². The summed E-state index contributed by atoms with van der Waals surface area (Å²) >= 11 is 0. The van der Waals surface area contributed by atoms with Crippen molar-refractivity contribution >= 4 is 5.97 Å². The van der Waals surface area contributed by atoms with Gasteiger partial charge in [0.05, 0.1) is 5.92 Å². The number of benzene rings is 1. The van der Waals surface area contributed by atoms with Crippen LogP contribution in [0.4, 0.5) is 0 Å². The summed E-state index contributed by atoms with van der Waals surface area (Å²) in [7, 11) is 0. The van der Waals surface area contributed by atoms with Crippen molar-refractivity contribution in [2.45, 2.75) is 116 Å². The van der Waals surface area contributed by atoms with Crippen LogP contribution in [0.5, 0.6) is 17.2 Å². The van der Waals surface area contributed by atoms with Crippen molar-refractivity contribution in [3.05, 3.63) is 17.7 Å². The Kier molecular flexibility index (Phi) is 13.8. The lowest BCUT2D eigenvalue weighted by molar-refractivity contribution is -0.139. The average molecular weight is 437 g/mol. The molecule has 0 heterocycles. The van der Waals surface area contributed by atoms with Gasteiger partial charge in [-0.15, -0.1) is 0 Å². The molecule has 2 atom stereocenters. The third kappa shape index (κ3) is 10.8. The van der Waals surface area contributed by atoms with Crippen molar-refractivity contribution in [3.63, 3.8) is 0 Å².